The Hall–Kier alpha value is -0.900. The van der Waals surface area contributed by atoms with E-state index in [1.165, 1.54) is 12.8 Å². The summed E-state index contributed by atoms with van der Waals surface area (Å²) in [5.74, 6) is 2.31. The van der Waals surface area contributed by atoms with E-state index in [4.69, 9.17) is 4.52 Å². The molecule has 0 aliphatic carbocycles. The zero-order chi connectivity index (χ0) is 12.3. The number of nitrogens with one attached hydrogen (secondary N) is 1. The van der Waals surface area contributed by atoms with Gasteiger partial charge in [0.25, 0.3) is 0 Å². The van der Waals surface area contributed by atoms with Crippen molar-refractivity contribution < 1.29 is 4.52 Å². The van der Waals surface area contributed by atoms with E-state index in [-0.39, 0.29) is 5.41 Å². The lowest BCUT2D eigenvalue weighted by molar-refractivity contribution is 0.297. The van der Waals surface area contributed by atoms with Crippen molar-refractivity contribution in [1.82, 2.24) is 15.5 Å². The standard InChI is InChI=1S/C13H23N3O/c1-4-13(2,3)12-15-11(16-17-12)8-10-6-5-7-14-9-10/h10,14H,4-9H2,1-3H3. The van der Waals surface area contributed by atoms with Crippen LogP contribution in [0.15, 0.2) is 4.52 Å². The van der Waals surface area contributed by atoms with Crippen LogP contribution in [-0.4, -0.2) is 23.2 Å². The number of piperidine rings is 1. The van der Waals surface area contributed by atoms with Crippen molar-refractivity contribution in [3.05, 3.63) is 11.7 Å². The SMILES string of the molecule is CCC(C)(C)c1nc(CC2CCCNC2)no1. The number of hydrogen-bond donors (Lipinski definition) is 1. The molecule has 1 atom stereocenters. The van der Waals surface area contributed by atoms with Crippen LogP contribution < -0.4 is 5.32 Å². The first-order chi connectivity index (χ1) is 8.12. The Bertz CT molecular complexity index is 353. The minimum absolute atomic E-state index is 0.00390. The summed E-state index contributed by atoms with van der Waals surface area (Å²) in [7, 11) is 0. The molecule has 96 valence electrons. The fourth-order valence-electron chi connectivity index (χ4n) is 2.12. The van der Waals surface area contributed by atoms with Crippen molar-refractivity contribution in [2.75, 3.05) is 13.1 Å². The lowest BCUT2D eigenvalue weighted by atomic mass is 9.90. The van der Waals surface area contributed by atoms with Crippen LogP contribution >= 0.6 is 0 Å². The first kappa shape index (κ1) is 12.6. The summed E-state index contributed by atoms with van der Waals surface area (Å²) in [6.07, 6.45) is 4.49. The van der Waals surface area contributed by atoms with Gasteiger partial charge in [0, 0.05) is 11.8 Å². The maximum atomic E-state index is 5.38. The normalized spacial score (nSPS) is 21.7. The molecule has 1 aromatic rings. The molecule has 0 spiro atoms. The molecule has 1 aliphatic rings. The second-order valence-corrected chi connectivity index (χ2v) is 5.67. The van der Waals surface area contributed by atoms with Crippen molar-refractivity contribution in [3.63, 3.8) is 0 Å². The first-order valence-electron chi connectivity index (χ1n) is 6.65. The summed E-state index contributed by atoms with van der Waals surface area (Å²) >= 11 is 0. The minimum Gasteiger partial charge on any atom is -0.339 e. The van der Waals surface area contributed by atoms with Crippen LogP contribution in [0.5, 0.6) is 0 Å². The van der Waals surface area contributed by atoms with Gasteiger partial charge >= 0.3 is 0 Å². The third-order valence-electron chi connectivity index (χ3n) is 3.80. The van der Waals surface area contributed by atoms with E-state index < -0.39 is 0 Å². The largest absolute Gasteiger partial charge is 0.339 e. The molecule has 1 saturated heterocycles. The molecule has 1 fully saturated rings. The quantitative estimate of drug-likeness (QED) is 0.873. The van der Waals surface area contributed by atoms with Gasteiger partial charge in [0.05, 0.1) is 0 Å². The summed E-state index contributed by atoms with van der Waals surface area (Å²) in [6, 6.07) is 0. The highest BCUT2D eigenvalue weighted by molar-refractivity contribution is 5.00. The molecule has 1 unspecified atom stereocenters. The Morgan fingerprint density at radius 1 is 1.47 bits per heavy atom. The molecule has 1 aliphatic heterocycles. The molecule has 0 saturated carbocycles. The lowest BCUT2D eigenvalue weighted by Crippen LogP contribution is -2.31. The number of hydrogen-bond acceptors (Lipinski definition) is 4. The van der Waals surface area contributed by atoms with Crippen LogP contribution in [-0.2, 0) is 11.8 Å². The average Bonchev–Trinajstić information content (AvgIpc) is 2.80. The Morgan fingerprint density at radius 2 is 2.29 bits per heavy atom. The van der Waals surface area contributed by atoms with Gasteiger partial charge in [-0.2, -0.15) is 4.98 Å². The van der Waals surface area contributed by atoms with Gasteiger partial charge in [0.15, 0.2) is 5.82 Å². The highest BCUT2D eigenvalue weighted by atomic mass is 16.5. The highest BCUT2D eigenvalue weighted by Crippen LogP contribution is 2.25. The van der Waals surface area contributed by atoms with Gasteiger partial charge in [0.2, 0.25) is 5.89 Å². The van der Waals surface area contributed by atoms with Crippen molar-refractivity contribution in [1.29, 1.82) is 0 Å². The second-order valence-electron chi connectivity index (χ2n) is 5.67. The third-order valence-corrected chi connectivity index (χ3v) is 3.80. The first-order valence-corrected chi connectivity index (χ1v) is 6.65. The van der Waals surface area contributed by atoms with E-state index in [0.29, 0.717) is 5.92 Å². The van der Waals surface area contributed by atoms with Crippen LogP contribution in [0.2, 0.25) is 0 Å². The van der Waals surface area contributed by atoms with E-state index in [1.807, 2.05) is 0 Å². The maximum absolute atomic E-state index is 5.38. The Balaban J connectivity index is 1.98. The Morgan fingerprint density at radius 3 is 2.94 bits per heavy atom. The van der Waals surface area contributed by atoms with E-state index in [2.05, 4.69) is 36.2 Å². The molecule has 2 rings (SSSR count). The van der Waals surface area contributed by atoms with Crippen LogP contribution in [0.3, 0.4) is 0 Å². The summed E-state index contributed by atoms with van der Waals surface area (Å²) in [4.78, 5) is 4.54. The van der Waals surface area contributed by atoms with Gasteiger partial charge in [-0.05, 0) is 38.3 Å². The lowest BCUT2D eigenvalue weighted by Gasteiger charge is -2.21. The maximum Gasteiger partial charge on any atom is 0.232 e. The van der Waals surface area contributed by atoms with Gasteiger partial charge in [-0.15, -0.1) is 0 Å². The van der Waals surface area contributed by atoms with Crippen molar-refractivity contribution in [2.45, 2.75) is 51.9 Å². The number of nitrogens with zero attached hydrogens (tertiary/aromatic N) is 2. The Kier molecular flexibility index (Phi) is 3.82. The fraction of sp³-hybridized carbons (Fsp3) is 0.846. The minimum atomic E-state index is -0.00390. The molecular formula is C13H23N3O. The predicted octanol–water partition coefficient (Wildman–Crippen LogP) is 2.30. The molecule has 1 N–H and O–H groups in total. The molecule has 2 heterocycles. The highest BCUT2D eigenvalue weighted by Gasteiger charge is 2.26. The summed E-state index contributed by atoms with van der Waals surface area (Å²) < 4.78 is 5.38. The molecule has 0 amide bonds. The van der Waals surface area contributed by atoms with Gasteiger partial charge in [-0.1, -0.05) is 25.9 Å². The van der Waals surface area contributed by atoms with Gasteiger partial charge in [-0.3, -0.25) is 0 Å². The summed E-state index contributed by atoms with van der Waals surface area (Å²) in [5.41, 5.74) is -0.00390. The van der Waals surface area contributed by atoms with E-state index in [9.17, 15) is 0 Å². The Labute approximate surface area is 103 Å². The third kappa shape index (κ3) is 3.06. The van der Waals surface area contributed by atoms with Crippen molar-refractivity contribution >= 4 is 0 Å². The zero-order valence-corrected chi connectivity index (χ0v) is 11.1. The molecule has 17 heavy (non-hydrogen) atoms. The molecule has 4 heteroatoms. The van der Waals surface area contributed by atoms with Crippen molar-refractivity contribution in [3.8, 4) is 0 Å². The molecule has 0 radical (unpaired) electrons. The number of aromatic nitrogens is 2. The molecule has 0 bridgehead atoms. The smallest absolute Gasteiger partial charge is 0.232 e. The van der Waals surface area contributed by atoms with Crippen LogP contribution in [0, 0.1) is 5.92 Å². The van der Waals surface area contributed by atoms with Crippen LogP contribution in [0.4, 0.5) is 0 Å². The zero-order valence-electron chi connectivity index (χ0n) is 11.1. The second kappa shape index (κ2) is 5.17. The summed E-state index contributed by atoms with van der Waals surface area (Å²) in [6.45, 7) is 8.67. The average molecular weight is 237 g/mol. The van der Waals surface area contributed by atoms with Gasteiger partial charge < -0.3 is 9.84 Å². The van der Waals surface area contributed by atoms with Gasteiger partial charge in [0.1, 0.15) is 0 Å². The fourth-order valence-corrected chi connectivity index (χ4v) is 2.12. The van der Waals surface area contributed by atoms with E-state index in [1.54, 1.807) is 0 Å². The number of rotatable bonds is 4. The molecule has 1 aromatic heterocycles. The monoisotopic (exact) mass is 237 g/mol. The molecule has 4 nitrogen and oxygen atoms in total. The topological polar surface area (TPSA) is 51.0 Å². The van der Waals surface area contributed by atoms with Crippen LogP contribution in [0.25, 0.3) is 0 Å². The molecule has 0 aromatic carbocycles. The summed E-state index contributed by atoms with van der Waals surface area (Å²) in [5, 5.41) is 7.53. The van der Waals surface area contributed by atoms with Gasteiger partial charge in [-0.25, -0.2) is 0 Å². The predicted molar refractivity (Wildman–Crippen MR) is 66.9 cm³/mol. The van der Waals surface area contributed by atoms with E-state index >= 15 is 0 Å². The van der Waals surface area contributed by atoms with Crippen LogP contribution in [0.1, 0.15) is 51.7 Å². The van der Waals surface area contributed by atoms with E-state index in [0.717, 1.165) is 37.6 Å². The van der Waals surface area contributed by atoms with Crippen molar-refractivity contribution in [2.24, 2.45) is 5.92 Å². The molecular weight excluding hydrogens is 214 g/mol.